The van der Waals surface area contributed by atoms with E-state index in [4.69, 9.17) is 4.74 Å². The molecular weight excluding hydrogens is 444 g/mol. The molecule has 0 atom stereocenters. The zero-order valence-electron chi connectivity index (χ0n) is 17.1. The van der Waals surface area contributed by atoms with Crippen LogP contribution in [0.3, 0.4) is 0 Å². The Morgan fingerprint density at radius 1 is 1.06 bits per heavy atom. The Balaban J connectivity index is 1.63. The third kappa shape index (κ3) is 4.83. The highest BCUT2D eigenvalue weighted by atomic mass is 32.2. The number of hydrogen-bond donors (Lipinski definition) is 1. The smallest absolute Gasteiger partial charge is 0.342 e. The van der Waals surface area contributed by atoms with Crippen LogP contribution < -0.4 is 5.32 Å². The second kappa shape index (κ2) is 9.27. The number of ether oxygens (including phenoxy) is 1. The zero-order chi connectivity index (χ0) is 23.5. The van der Waals surface area contributed by atoms with Crippen molar-refractivity contribution in [3.63, 3.8) is 0 Å². The first kappa shape index (κ1) is 23.1. The van der Waals surface area contributed by atoms with Gasteiger partial charge < -0.3 is 10.1 Å². The SMILES string of the molecule is Cc1nn(-c2ccccc2)c(C)c1C(=O)OCC(=O)Nc1ccc(S(=O)(=O)C(F)F)cc1. The summed E-state index contributed by atoms with van der Waals surface area (Å²) in [6, 6.07) is 13.4. The lowest BCUT2D eigenvalue weighted by atomic mass is 10.2. The standard InChI is InChI=1S/C21H19F2N3O5S/c1-13-19(14(2)26(25-13)16-6-4-3-5-7-16)20(28)31-12-18(27)24-15-8-10-17(11-9-15)32(29,30)21(22)23/h3-11,21H,12H2,1-2H3,(H,24,27). The largest absolute Gasteiger partial charge is 0.452 e. The number of nitrogens with zero attached hydrogens (tertiary/aromatic N) is 2. The molecule has 0 saturated carbocycles. The number of aromatic nitrogens is 2. The molecule has 11 heteroatoms. The van der Waals surface area contributed by atoms with E-state index in [1.807, 2.05) is 30.3 Å². The lowest BCUT2D eigenvalue weighted by Gasteiger charge is -2.08. The fourth-order valence-electron chi connectivity index (χ4n) is 2.99. The molecule has 0 aliphatic rings. The van der Waals surface area contributed by atoms with Crippen LogP contribution in [0, 0.1) is 13.8 Å². The topological polar surface area (TPSA) is 107 Å². The molecule has 0 radical (unpaired) electrons. The van der Waals surface area contributed by atoms with Gasteiger partial charge in [-0.2, -0.15) is 13.9 Å². The minimum atomic E-state index is -4.72. The number of para-hydroxylation sites is 1. The van der Waals surface area contributed by atoms with Crippen LogP contribution >= 0.6 is 0 Å². The van der Waals surface area contributed by atoms with Gasteiger partial charge in [0, 0.05) is 5.69 Å². The van der Waals surface area contributed by atoms with Gasteiger partial charge in [-0.1, -0.05) is 18.2 Å². The van der Waals surface area contributed by atoms with Crippen molar-refractivity contribution in [3.05, 3.63) is 71.5 Å². The molecule has 168 valence electrons. The Morgan fingerprint density at radius 3 is 2.28 bits per heavy atom. The molecule has 0 fully saturated rings. The summed E-state index contributed by atoms with van der Waals surface area (Å²) in [5, 5.41) is 6.75. The number of anilines is 1. The third-order valence-electron chi connectivity index (χ3n) is 4.53. The van der Waals surface area contributed by atoms with Gasteiger partial charge in [-0.3, -0.25) is 4.79 Å². The van der Waals surface area contributed by atoms with E-state index in [0.717, 1.165) is 30.0 Å². The quantitative estimate of drug-likeness (QED) is 0.539. The highest BCUT2D eigenvalue weighted by Gasteiger charge is 2.26. The molecule has 0 aliphatic heterocycles. The first-order valence-corrected chi connectivity index (χ1v) is 10.9. The monoisotopic (exact) mass is 463 g/mol. The highest BCUT2D eigenvalue weighted by Crippen LogP contribution is 2.21. The molecule has 0 aliphatic carbocycles. The van der Waals surface area contributed by atoms with Gasteiger partial charge >= 0.3 is 11.7 Å². The molecule has 0 saturated heterocycles. The van der Waals surface area contributed by atoms with Crippen LogP contribution in [0.4, 0.5) is 14.5 Å². The number of carbonyl (C=O) groups is 2. The average Bonchev–Trinajstić information content (AvgIpc) is 3.07. The summed E-state index contributed by atoms with van der Waals surface area (Å²) in [7, 11) is -4.72. The number of nitrogens with one attached hydrogen (secondary N) is 1. The molecule has 0 unspecified atom stereocenters. The van der Waals surface area contributed by atoms with E-state index < -0.39 is 39.0 Å². The van der Waals surface area contributed by atoms with Crippen LogP contribution in [0.5, 0.6) is 0 Å². The number of sulfone groups is 1. The molecule has 0 bridgehead atoms. The Morgan fingerprint density at radius 2 is 1.69 bits per heavy atom. The first-order chi connectivity index (χ1) is 15.1. The number of benzene rings is 2. The molecule has 3 rings (SSSR count). The second-order valence-electron chi connectivity index (χ2n) is 6.75. The molecule has 1 amide bonds. The Hall–Kier alpha value is -3.60. The summed E-state index contributed by atoms with van der Waals surface area (Å²) in [5.41, 5.74) is 2.15. The maximum Gasteiger partial charge on any atom is 0.342 e. The number of rotatable bonds is 7. The maximum atomic E-state index is 12.6. The Labute approximate surface area is 182 Å². The minimum absolute atomic E-state index is 0.156. The molecule has 1 aromatic heterocycles. The van der Waals surface area contributed by atoms with Gasteiger partial charge in [-0.05, 0) is 50.2 Å². The summed E-state index contributed by atoms with van der Waals surface area (Å²) in [6.45, 7) is 2.75. The van der Waals surface area contributed by atoms with E-state index in [-0.39, 0.29) is 11.3 Å². The lowest BCUT2D eigenvalue weighted by molar-refractivity contribution is -0.119. The number of carbonyl (C=O) groups excluding carboxylic acids is 2. The van der Waals surface area contributed by atoms with Crippen LogP contribution in [0.15, 0.2) is 59.5 Å². The molecule has 1 heterocycles. The van der Waals surface area contributed by atoms with Gasteiger partial charge in [0.1, 0.15) is 5.56 Å². The molecule has 0 spiro atoms. The summed E-state index contributed by atoms with van der Waals surface area (Å²) >= 11 is 0. The van der Waals surface area contributed by atoms with Crippen LogP contribution in [0.1, 0.15) is 21.7 Å². The van der Waals surface area contributed by atoms with Crippen molar-refractivity contribution in [3.8, 4) is 5.69 Å². The average molecular weight is 463 g/mol. The third-order valence-corrected chi connectivity index (χ3v) is 5.93. The van der Waals surface area contributed by atoms with E-state index in [2.05, 4.69) is 10.4 Å². The van der Waals surface area contributed by atoms with Gasteiger partial charge in [0.2, 0.25) is 9.84 Å². The number of halogens is 2. The lowest BCUT2D eigenvalue weighted by Crippen LogP contribution is -2.21. The van der Waals surface area contributed by atoms with Crippen LogP contribution in [0.25, 0.3) is 5.69 Å². The van der Waals surface area contributed by atoms with E-state index in [9.17, 15) is 26.8 Å². The summed E-state index contributed by atoms with van der Waals surface area (Å²) < 4.78 is 54.7. The zero-order valence-corrected chi connectivity index (χ0v) is 17.9. The van der Waals surface area contributed by atoms with E-state index in [1.54, 1.807) is 18.5 Å². The Kier molecular flexibility index (Phi) is 6.68. The minimum Gasteiger partial charge on any atom is -0.452 e. The van der Waals surface area contributed by atoms with E-state index >= 15 is 0 Å². The predicted molar refractivity (Wildman–Crippen MR) is 112 cm³/mol. The van der Waals surface area contributed by atoms with Crippen molar-refractivity contribution in [1.29, 1.82) is 0 Å². The molecule has 8 nitrogen and oxygen atoms in total. The number of hydrogen-bond acceptors (Lipinski definition) is 6. The fraction of sp³-hybridized carbons (Fsp3) is 0.190. The van der Waals surface area contributed by atoms with Gasteiger partial charge in [-0.15, -0.1) is 0 Å². The summed E-state index contributed by atoms with van der Waals surface area (Å²) in [5.74, 6) is -4.95. The van der Waals surface area contributed by atoms with Crippen molar-refractivity contribution in [1.82, 2.24) is 9.78 Å². The van der Waals surface area contributed by atoms with Gasteiger partial charge in [0.15, 0.2) is 6.61 Å². The van der Waals surface area contributed by atoms with Crippen molar-refractivity contribution >= 4 is 27.4 Å². The van der Waals surface area contributed by atoms with Crippen LogP contribution in [0.2, 0.25) is 0 Å². The maximum absolute atomic E-state index is 12.6. The fourth-order valence-corrected chi connectivity index (χ4v) is 3.71. The number of alkyl halides is 2. The number of aryl methyl sites for hydroxylation is 1. The second-order valence-corrected chi connectivity index (χ2v) is 8.67. The van der Waals surface area contributed by atoms with Crippen LogP contribution in [-0.2, 0) is 19.4 Å². The molecule has 3 aromatic rings. The van der Waals surface area contributed by atoms with Crippen molar-refractivity contribution in [2.45, 2.75) is 24.5 Å². The van der Waals surface area contributed by atoms with Gasteiger partial charge in [-0.25, -0.2) is 17.9 Å². The first-order valence-electron chi connectivity index (χ1n) is 9.32. The molecule has 2 aromatic carbocycles. The summed E-state index contributed by atoms with van der Waals surface area (Å²) in [6.07, 6.45) is 0. The van der Waals surface area contributed by atoms with Crippen molar-refractivity contribution < 1.29 is 31.5 Å². The van der Waals surface area contributed by atoms with Crippen molar-refractivity contribution in [2.24, 2.45) is 0 Å². The predicted octanol–water partition coefficient (Wildman–Crippen LogP) is 3.28. The number of esters is 1. The molecule has 32 heavy (non-hydrogen) atoms. The van der Waals surface area contributed by atoms with E-state index in [1.165, 1.54) is 0 Å². The van der Waals surface area contributed by atoms with E-state index in [0.29, 0.717) is 11.4 Å². The molecule has 1 N–H and O–H groups in total. The highest BCUT2D eigenvalue weighted by molar-refractivity contribution is 7.91. The molecular formula is C21H19F2N3O5S. The summed E-state index contributed by atoms with van der Waals surface area (Å²) in [4.78, 5) is 24.0. The van der Waals surface area contributed by atoms with Crippen molar-refractivity contribution in [2.75, 3.05) is 11.9 Å². The van der Waals surface area contributed by atoms with Gasteiger partial charge in [0.25, 0.3) is 5.91 Å². The number of amides is 1. The normalized spacial score (nSPS) is 11.4. The van der Waals surface area contributed by atoms with Crippen LogP contribution in [-0.4, -0.2) is 42.4 Å². The Bertz CT molecular complexity index is 1240. The van der Waals surface area contributed by atoms with Gasteiger partial charge in [0.05, 0.1) is 22.0 Å².